The number of nitrogens with zero attached hydrogens (tertiary/aromatic N) is 1. The van der Waals surface area contributed by atoms with Crippen molar-refractivity contribution in [3.63, 3.8) is 0 Å². The molecule has 0 bridgehead atoms. The fraction of sp³-hybridized carbons (Fsp3) is 0.200. The van der Waals surface area contributed by atoms with E-state index in [9.17, 15) is 4.79 Å². The van der Waals surface area contributed by atoms with Gasteiger partial charge < -0.3 is 10.1 Å². The molecule has 1 aromatic carbocycles. The summed E-state index contributed by atoms with van der Waals surface area (Å²) in [5.41, 5.74) is 0. The van der Waals surface area contributed by atoms with Crippen LogP contribution in [0.5, 0.6) is 5.75 Å². The van der Waals surface area contributed by atoms with E-state index < -0.39 is 6.10 Å². The van der Waals surface area contributed by atoms with Gasteiger partial charge in [-0.25, -0.2) is 4.98 Å². The molecule has 1 atom stereocenters. The monoisotopic (exact) mass is 290 g/mol. The zero-order valence-corrected chi connectivity index (χ0v) is 11.8. The number of anilines is 1. The molecule has 1 amide bonds. The highest BCUT2D eigenvalue weighted by molar-refractivity contribution is 6.30. The number of carbonyl (C=O) groups excluding carboxylic acids is 1. The standard InChI is InChI=1S/C15H15ClN2O2/c1-2-13(20-12-6-4-3-5-7-12)15(19)18-14-9-8-11(16)10-17-14/h3-10,13H,2H2,1H3,(H,17,18,19). The van der Waals surface area contributed by atoms with Crippen molar-refractivity contribution in [2.45, 2.75) is 19.4 Å². The van der Waals surface area contributed by atoms with Crippen molar-refractivity contribution in [3.8, 4) is 5.75 Å². The number of benzene rings is 1. The van der Waals surface area contributed by atoms with E-state index in [2.05, 4.69) is 10.3 Å². The van der Waals surface area contributed by atoms with Gasteiger partial charge in [0, 0.05) is 6.20 Å². The number of para-hydroxylation sites is 1. The van der Waals surface area contributed by atoms with E-state index in [1.165, 1.54) is 6.20 Å². The first kappa shape index (κ1) is 14.3. The van der Waals surface area contributed by atoms with Crippen LogP contribution in [0.2, 0.25) is 5.02 Å². The molecule has 1 N–H and O–H groups in total. The van der Waals surface area contributed by atoms with Gasteiger partial charge in [-0.1, -0.05) is 36.7 Å². The van der Waals surface area contributed by atoms with Crippen LogP contribution in [0.3, 0.4) is 0 Å². The molecule has 0 aliphatic rings. The van der Waals surface area contributed by atoms with E-state index in [0.717, 1.165) is 0 Å². The van der Waals surface area contributed by atoms with E-state index in [0.29, 0.717) is 23.0 Å². The molecule has 2 rings (SSSR count). The summed E-state index contributed by atoms with van der Waals surface area (Å²) in [5, 5.41) is 3.23. The number of halogens is 1. The largest absolute Gasteiger partial charge is 0.481 e. The van der Waals surface area contributed by atoms with Gasteiger partial charge >= 0.3 is 0 Å². The Morgan fingerprint density at radius 2 is 2.05 bits per heavy atom. The SMILES string of the molecule is CCC(Oc1ccccc1)C(=O)Nc1ccc(Cl)cn1. The number of ether oxygens (including phenoxy) is 1. The highest BCUT2D eigenvalue weighted by Gasteiger charge is 2.18. The Hall–Kier alpha value is -2.07. The number of rotatable bonds is 5. The van der Waals surface area contributed by atoms with Gasteiger partial charge in [0.2, 0.25) is 0 Å². The number of nitrogens with one attached hydrogen (secondary N) is 1. The Bertz CT molecular complexity index is 558. The zero-order chi connectivity index (χ0) is 14.4. The van der Waals surface area contributed by atoms with Crippen LogP contribution in [0.15, 0.2) is 48.7 Å². The molecule has 0 spiro atoms. The van der Waals surface area contributed by atoms with Crippen molar-refractivity contribution >= 4 is 23.3 Å². The summed E-state index contributed by atoms with van der Waals surface area (Å²) in [6.45, 7) is 1.89. The Balaban J connectivity index is 2.00. The Kier molecular flexibility index (Phi) is 4.96. The molecule has 0 aliphatic heterocycles. The Labute approximate surface area is 122 Å². The number of hydrogen-bond acceptors (Lipinski definition) is 3. The maximum absolute atomic E-state index is 12.1. The zero-order valence-electron chi connectivity index (χ0n) is 11.0. The third-order valence-corrected chi connectivity index (χ3v) is 2.89. The molecule has 0 fully saturated rings. The van der Waals surface area contributed by atoms with Crippen LogP contribution in [-0.2, 0) is 4.79 Å². The lowest BCUT2D eigenvalue weighted by molar-refractivity contribution is -0.122. The van der Waals surface area contributed by atoms with Gasteiger partial charge in [0.15, 0.2) is 6.10 Å². The summed E-state index contributed by atoms with van der Waals surface area (Å²) in [6, 6.07) is 12.6. The predicted octanol–water partition coefficient (Wildman–Crippen LogP) is 3.53. The normalized spacial score (nSPS) is 11.7. The maximum atomic E-state index is 12.1. The lowest BCUT2D eigenvalue weighted by Crippen LogP contribution is -2.32. The average molecular weight is 291 g/mol. The number of aromatic nitrogens is 1. The summed E-state index contributed by atoms with van der Waals surface area (Å²) in [4.78, 5) is 16.1. The minimum atomic E-state index is -0.560. The van der Waals surface area contributed by atoms with Crippen molar-refractivity contribution in [2.24, 2.45) is 0 Å². The van der Waals surface area contributed by atoms with Crippen molar-refractivity contribution in [3.05, 3.63) is 53.7 Å². The van der Waals surface area contributed by atoms with Crippen LogP contribution in [0.1, 0.15) is 13.3 Å². The number of amides is 1. The van der Waals surface area contributed by atoms with E-state index in [1.807, 2.05) is 37.3 Å². The highest BCUT2D eigenvalue weighted by Crippen LogP contribution is 2.14. The third kappa shape index (κ3) is 3.96. The molecule has 104 valence electrons. The van der Waals surface area contributed by atoms with E-state index in [4.69, 9.17) is 16.3 Å². The molecule has 20 heavy (non-hydrogen) atoms. The molecule has 1 unspecified atom stereocenters. The minimum Gasteiger partial charge on any atom is -0.481 e. The van der Waals surface area contributed by atoms with Gasteiger partial charge in [-0.05, 0) is 30.7 Å². The van der Waals surface area contributed by atoms with Gasteiger partial charge in [-0.3, -0.25) is 4.79 Å². The second-order valence-electron chi connectivity index (χ2n) is 4.18. The third-order valence-electron chi connectivity index (χ3n) is 2.66. The van der Waals surface area contributed by atoms with Gasteiger partial charge in [0.1, 0.15) is 11.6 Å². The van der Waals surface area contributed by atoms with Crippen molar-refractivity contribution in [2.75, 3.05) is 5.32 Å². The number of carbonyl (C=O) groups is 1. The summed E-state index contributed by atoms with van der Waals surface area (Å²) < 4.78 is 5.66. The second kappa shape index (κ2) is 6.91. The van der Waals surface area contributed by atoms with Gasteiger partial charge in [-0.15, -0.1) is 0 Å². The smallest absolute Gasteiger partial charge is 0.266 e. The first-order chi connectivity index (χ1) is 9.69. The quantitative estimate of drug-likeness (QED) is 0.916. The minimum absolute atomic E-state index is 0.230. The van der Waals surface area contributed by atoms with Crippen LogP contribution in [0, 0.1) is 0 Å². The maximum Gasteiger partial charge on any atom is 0.266 e. The van der Waals surface area contributed by atoms with Crippen molar-refractivity contribution in [1.29, 1.82) is 0 Å². The van der Waals surface area contributed by atoms with E-state index in [-0.39, 0.29) is 5.91 Å². The van der Waals surface area contributed by atoms with Gasteiger partial charge in [0.05, 0.1) is 5.02 Å². The fourth-order valence-electron chi connectivity index (χ4n) is 1.64. The van der Waals surface area contributed by atoms with Crippen LogP contribution < -0.4 is 10.1 Å². The van der Waals surface area contributed by atoms with Crippen LogP contribution in [0.25, 0.3) is 0 Å². The van der Waals surface area contributed by atoms with Crippen molar-refractivity contribution in [1.82, 2.24) is 4.98 Å². The topological polar surface area (TPSA) is 51.2 Å². The first-order valence-electron chi connectivity index (χ1n) is 6.33. The van der Waals surface area contributed by atoms with Crippen molar-refractivity contribution < 1.29 is 9.53 Å². The molecule has 1 heterocycles. The molecule has 0 saturated heterocycles. The molecule has 2 aromatic rings. The van der Waals surface area contributed by atoms with E-state index >= 15 is 0 Å². The molecule has 0 saturated carbocycles. The first-order valence-corrected chi connectivity index (χ1v) is 6.71. The van der Waals surface area contributed by atoms with Crippen LogP contribution in [0.4, 0.5) is 5.82 Å². The molecule has 0 radical (unpaired) electrons. The molecular formula is C15H15ClN2O2. The summed E-state index contributed by atoms with van der Waals surface area (Å²) in [6.07, 6.45) is 1.49. The Morgan fingerprint density at radius 3 is 2.65 bits per heavy atom. The lowest BCUT2D eigenvalue weighted by atomic mass is 10.2. The predicted molar refractivity (Wildman–Crippen MR) is 79.0 cm³/mol. The van der Waals surface area contributed by atoms with Crippen LogP contribution in [-0.4, -0.2) is 17.0 Å². The molecule has 4 nitrogen and oxygen atoms in total. The summed E-state index contributed by atoms with van der Waals surface area (Å²) >= 11 is 5.75. The average Bonchev–Trinajstić information content (AvgIpc) is 2.48. The summed E-state index contributed by atoms with van der Waals surface area (Å²) in [5.74, 6) is 0.888. The molecule has 0 aliphatic carbocycles. The lowest BCUT2D eigenvalue weighted by Gasteiger charge is -2.16. The fourth-order valence-corrected chi connectivity index (χ4v) is 1.75. The number of hydrogen-bond donors (Lipinski definition) is 1. The molecule has 5 heteroatoms. The summed E-state index contributed by atoms with van der Waals surface area (Å²) in [7, 11) is 0. The van der Waals surface area contributed by atoms with Gasteiger partial charge in [-0.2, -0.15) is 0 Å². The Morgan fingerprint density at radius 1 is 1.30 bits per heavy atom. The molecular weight excluding hydrogens is 276 g/mol. The highest BCUT2D eigenvalue weighted by atomic mass is 35.5. The number of pyridine rings is 1. The molecule has 1 aromatic heterocycles. The second-order valence-corrected chi connectivity index (χ2v) is 4.62. The van der Waals surface area contributed by atoms with Gasteiger partial charge in [0.25, 0.3) is 5.91 Å². The van der Waals surface area contributed by atoms with Crippen LogP contribution >= 0.6 is 11.6 Å². The van der Waals surface area contributed by atoms with E-state index in [1.54, 1.807) is 12.1 Å².